The summed E-state index contributed by atoms with van der Waals surface area (Å²) in [5, 5.41) is 16.0. The summed E-state index contributed by atoms with van der Waals surface area (Å²) < 4.78 is 70.9. The fraction of sp³-hybridized carbons (Fsp3) is 0.381. The number of hydrogen-bond acceptors (Lipinski definition) is 4. The fourth-order valence-electron chi connectivity index (χ4n) is 3.22. The SMILES string of the molecule is C=C1C=C(C(C)(C)O)SC(S(N)(=O)=NC(=O)Cc2c(C3CC3)cc(F)cc2C(F)(F)F)=C1. The fourth-order valence-corrected chi connectivity index (χ4v) is 5.74. The normalized spacial score (nSPS) is 19.2. The molecule has 0 radical (unpaired) electrons. The number of allylic oxidation sites excluding steroid dienone is 3. The Kier molecular flexibility index (Phi) is 6.51. The van der Waals surface area contributed by atoms with Gasteiger partial charge in [-0.3, -0.25) is 4.79 Å². The molecule has 0 spiro atoms. The molecule has 1 aromatic carbocycles. The number of amides is 1. The first-order valence-corrected chi connectivity index (χ1v) is 12.0. The Labute approximate surface area is 187 Å². The Bertz CT molecular complexity index is 1170. The highest BCUT2D eigenvalue weighted by molar-refractivity contribution is 8.21. The molecule has 1 aliphatic carbocycles. The van der Waals surface area contributed by atoms with E-state index in [0.717, 1.165) is 17.8 Å². The van der Waals surface area contributed by atoms with Crippen LogP contribution < -0.4 is 5.14 Å². The number of carbonyl (C=O) groups is 1. The lowest BCUT2D eigenvalue weighted by Gasteiger charge is -2.25. The van der Waals surface area contributed by atoms with Gasteiger partial charge in [0.15, 0.2) is 0 Å². The van der Waals surface area contributed by atoms with Crippen molar-refractivity contribution in [1.29, 1.82) is 0 Å². The summed E-state index contributed by atoms with van der Waals surface area (Å²) in [5.41, 5.74) is -2.46. The Morgan fingerprint density at radius 2 is 1.94 bits per heavy atom. The lowest BCUT2D eigenvalue weighted by atomic mass is 9.94. The molecule has 2 aliphatic rings. The smallest absolute Gasteiger partial charge is 0.385 e. The molecule has 0 saturated heterocycles. The van der Waals surface area contributed by atoms with E-state index in [1.807, 2.05) is 0 Å². The highest BCUT2D eigenvalue weighted by Crippen LogP contribution is 2.46. The van der Waals surface area contributed by atoms with Crippen LogP contribution in [0.3, 0.4) is 0 Å². The van der Waals surface area contributed by atoms with E-state index in [0.29, 0.717) is 29.4 Å². The van der Waals surface area contributed by atoms with Crippen molar-refractivity contribution in [2.45, 2.75) is 50.8 Å². The summed E-state index contributed by atoms with van der Waals surface area (Å²) in [6.45, 7) is 6.72. The van der Waals surface area contributed by atoms with E-state index < -0.39 is 45.4 Å². The van der Waals surface area contributed by atoms with Gasteiger partial charge in [-0.25, -0.2) is 13.7 Å². The Morgan fingerprint density at radius 1 is 1.31 bits per heavy atom. The van der Waals surface area contributed by atoms with E-state index in [-0.39, 0.29) is 21.3 Å². The molecule has 1 fully saturated rings. The summed E-state index contributed by atoms with van der Waals surface area (Å²) in [4.78, 5) is 13.0. The maximum Gasteiger partial charge on any atom is 0.416 e. The molecular weight excluding hydrogens is 468 g/mol. The van der Waals surface area contributed by atoms with E-state index in [9.17, 15) is 31.7 Å². The second-order valence-corrected chi connectivity index (χ2v) is 11.3. The molecular formula is C21H22F4N2O3S2. The van der Waals surface area contributed by atoms with Crippen molar-refractivity contribution in [3.8, 4) is 0 Å². The number of halogens is 4. The van der Waals surface area contributed by atoms with Gasteiger partial charge >= 0.3 is 6.18 Å². The van der Waals surface area contributed by atoms with Gasteiger partial charge in [0.25, 0.3) is 5.91 Å². The third-order valence-corrected chi connectivity index (χ3v) is 8.15. The molecule has 1 heterocycles. The van der Waals surface area contributed by atoms with Crippen LogP contribution in [0.4, 0.5) is 17.6 Å². The van der Waals surface area contributed by atoms with Gasteiger partial charge in [0.1, 0.15) is 20.0 Å². The zero-order valence-electron chi connectivity index (χ0n) is 17.3. The molecule has 1 atom stereocenters. The van der Waals surface area contributed by atoms with Crippen molar-refractivity contribution in [3.63, 3.8) is 0 Å². The molecule has 0 aromatic heterocycles. The van der Waals surface area contributed by atoms with Crippen molar-refractivity contribution in [1.82, 2.24) is 0 Å². The number of alkyl halides is 3. The molecule has 3 N–H and O–H groups in total. The molecule has 1 aromatic rings. The number of nitrogens with zero attached hydrogens (tertiary/aromatic N) is 1. The third-order valence-electron chi connectivity index (χ3n) is 4.86. The van der Waals surface area contributed by atoms with Crippen LogP contribution in [0, 0.1) is 5.82 Å². The zero-order chi connectivity index (χ0) is 24.1. The van der Waals surface area contributed by atoms with E-state index >= 15 is 0 Å². The Balaban J connectivity index is 1.96. The third kappa shape index (κ3) is 5.69. The van der Waals surface area contributed by atoms with Crippen molar-refractivity contribution in [3.05, 3.63) is 68.1 Å². The monoisotopic (exact) mass is 490 g/mol. The summed E-state index contributed by atoms with van der Waals surface area (Å²) in [6.07, 6.45) is -1.62. The lowest BCUT2D eigenvalue weighted by molar-refractivity contribution is -0.138. The van der Waals surface area contributed by atoms with Crippen LogP contribution in [-0.2, 0) is 27.3 Å². The summed E-state index contributed by atoms with van der Waals surface area (Å²) >= 11 is 0.860. The average Bonchev–Trinajstić information content (AvgIpc) is 3.45. The predicted octanol–water partition coefficient (Wildman–Crippen LogP) is 4.93. The Hall–Kier alpha value is -1.95. The van der Waals surface area contributed by atoms with Crippen LogP contribution in [0.2, 0.25) is 0 Å². The van der Waals surface area contributed by atoms with Crippen molar-refractivity contribution < 1.29 is 31.7 Å². The summed E-state index contributed by atoms with van der Waals surface area (Å²) in [6, 6.07) is 1.34. The molecule has 3 rings (SSSR count). The van der Waals surface area contributed by atoms with Crippen LogP contribution in [0.1, 0.15) is 49.3 Å². The van der Waals surface area contributed by atoms with Gasteiger partial charge in [0, 0.05) is 4.91 Å². The molecule has 1 unspecified atom stereocenters. The van der Waals surface area contributed by atoms with Gasteiger partial charge in [-0.1, -0.05) is 18.3 Å². The summed E-state index contributed by atoms with van der Waals surface area (Å²) in [5.74, 6) is -2.43. The van der Waals surface area contributed by atoms with Crippen molar-refractivity contribution in [2.75, 3.05) is 0 Å². The molecule has 32 heavy (non-hydrogen) atoms. The quantitative estimate of drug-likeness (QED) is 0.573. The second-order valence-electron chi connectivity index (χ2n) is 8.23. The van der Waals surface area contributed by atoms with Crippen molar-refractivity contribution in [2.24, 2.45) is 9.50 Å². The van der Waals surface area contributed by atoms with Crippen LogP contribution in [0.25, 0.3) is 0 Å². The number of nitrogens with two attached hydrogens (primary N) is 1. The van der Waals surface area contributed by atoms with E-state index in [2.05, 4.69) is 10.9 Å². The molecule has 11 heteroatoms. The largest absolute Gasteiger partial charge is 0.416 e. The number of aliphatic hydroxyl groups is 1. The minimum absolute atomic E-state index is 0.0481. The molecule has 1 saturated carbocycles. The van der Waals surface area contributed by atoms with Gasteiger partial charge in [0.2, 0.25) is 0 Å². The second kappa shape index (κ2) is 8.44. The highest BCUT2D eigenvalue weighted by Gasteiger charge is 2.38. The number of thioether (sulfide) groups is 1. The topological polar surface area (TPSA) is 92.8 Å². The maximum atomic E-state index is 13.8. The molecule has 1 aliphatic heterocycles. The number of carbonyl (C=O) groups excluding carboxylic acids is 1. The van der Waals surface area contributed by atoms with Crippen LogP contribution >= 0.6 is 11.8 Å². The first-order chi connectivity index (χ1) is 14.6. The molecule has 0 bridgehead atoms. The number of benzene rings is 1. The van der Waals surface area contributed by atoms with E-state index in [4.69, 9.17) is 5.14 Å². The van der Waals surface area contributed by atoms with Gasteiger partial charge < -0.3 is 5.11 Å². The Morgan fingerprint density at radius 3 is 2.47 bits per heavy atom. The van der Waals surface area contributed by atoms with Crippen LogP contribution in [0.5, 0.6) is 0 Å². The zero-order valence-corrected chi connectivity index (χ0v) is 19.0. The standard InChI is InChI=1S/C21H22F4N2O3S2/c1-11-6-17(20(2,3)29)31-19(7-11)32(26,30)27-18(28)10-15-14(12-4-5-12)8-13(22)9-16(15)21(23,24)25/h6-9,12,29H,1,4-5,10H2,2-3H3,(H2,26,27,28,30). The maximum absolute atomic E-state index is 13.8. The number of hydrogen-bond donors (Lipinski definition) is 2. The van der Waals surface area contributed by atoms with Crippen molar-refractivity contribution >= 4 is 27.6 Å². The number of rotatable bonds is 5. The van der Waals surface area contributed by atoms with E-state index in [1.165, 1.54) is 19.9 Å². The molecule has 1 amide bonds. The van der Waals surface area contributed by atoms with Gasteiger partial charge in [0.05, 0.1) is 17.6 Å². The van der Waals surface area contributed by atoms with E-state index in [1.54, 1.807) is 6.08 Å². The minimum Gasteiger partial charge on any atom is -0.385 e. The van der Waals surface area contributed by atoms with Gasteiger partial charge in [-0.05, 0) is 73.6 Å². The first kappa shape index (κ1) is 24.7. The minimum atomic E-state index is -4.88. The molecule has 174 valence electrons. The lowest BCUT2D eigenvalue weighted by Crippen LogP contribution is -2.24. The van der Waals surface area contributed by atoms with Gasteiger partial charge in [-0.15, -0.1) is 4.36 Å². The predicted molar refractivity (Wildman–Crippen MR) is 116 cm³/mol. The highest BCUT2D eigenvalue weighted by atomic mass is 32.3. The van der Waals surface area contributed by atoms with Crippen LogP contribution in [-0.4, -0.2) is 20.8 Å². The molecule has 5 nitrogen and oxygen atoms in total. The van der Waals surface area contributed by atoms with Gasteiger partial charge in [-0.2, -0.15) is 13.2 Å². The summed E-state index contributed by atoms with van der Waals surface area (Å²) in [7, 11) is -3.82. The first-order valence-electron chi connectivity index (χ1n) is 9.58. The average molecular weight is 491 g/mol. The van der Waals surface area contributed by atoms with Crippen LogP contribution in [0.15, 0.2) is 49.9 Å².